The smallest absolute Gasteiger partial charge is 0.417 e. The molecule has 0 unspecified atom stereocenters. The molecule has 0 saturated heterocycles. The maximum atomic E-state index is 13.7. The molecule has 0 heterocycles. The summed E-state index contributed by atoms with van der Waals surface area (Å²) >= 11 is 5.20. The van der Waals surface area contributed by atoms with Crippen LogP contribution in [0.1, 0.15) is 22.8 Å². The molecule has 4 nitrogen and oxygen atoms in total. The minimum absolute atomic E-state index is 0.166. The first-order valence-electron chi connectivity index (χ1n) is 4.65. The van der Waals surface area contributed by atoms with Crippen molar-refractivity contribution < 1.29 is 32.3 Å². The zero-order valence-electron chi connectivity index (χ0n) is 9.23. The van der Waals surface area contributed by atoms with Crippen LogP contribution in [-0.2, 0) is 11.0 Å². The minimum Gasteiger partial charge on any atom is -0.478 e. The lowest BCUT2D eigenvalue weighted by atomic mass is 10.1. The fraction of sp³-hybridized carbons (Fsp3) is 0.200. The van der Waals surface area contributed by atoms with E-state index < -0.39 is 45.7 Å². The summed E-state index contributed by atoms with van der Waals surface area (Å²) in [4.78, 5) is 21.6. The van der Waals surface area contributed by atoms with E-state index in [1.807, 2.05) is 0 Å². The zero-order chi connectivity index (χ0) is 15.0. The van der Waals surface area contributed by atoms with Gasteiger partial charge in [-0.15, -0.1) is 0 Å². The van der Waals surface area contributed by atoms with E-state index in [4.69, 9.17) is 16.7 Å². The normalized spacial score (nSPS) is 11.3. The van der Waals surface area contributed by atoms with Gasteiger partial charge in [0.15, 0.2) is 5.82 Å². The Morgan fingerprint density at radius 1 is 1.37 bits per heavy atom. The van der Waals surface area contributed by atoms with Crippen LogP contribution in [0.5, 0.6) is 0 Å². The number of nitrogens with one attached hydrogen (secondary N) is 1. The van der Waals surface area contributed by atoms with Crippen LogP contribution in [0.4, 0.5) is 23.2 Å². The van der Waals surface area contributed by atoms with Crippen molar-refractivity contribution in [1.29, 1.82) is 0 Å². The predicted octanol–water partition coefficient (Wildman–Crippen LogP) is 3.15. The van der Waals surface area contributed by atoms with Crippen LogP contribution in [0, 0.1) is 5.82 Å². The summed E-state index contributed by atoms with van der Waals surface area (Å²) < 4.78 is 51.3. The van der Waals surface area contributed by atoms with Crippen LogP contribution >= 0.6 is 11.6 Å². The van der Waals surface area contributed by atoms with Gasteiger partial charge in [0.2, 0.25) is 5.91 Å². The number of aromatic carboxylic acids is 1. The second-order valence-electron chi connectivity index (χ2n) is 3.46. The molecular formula is C10H6ClF4NO3. The molecule has 0 fully saturated rings. The first kappa shape index (κ1) is 15.2. The van der Waals surface area contributed by atoms with Crippen LogP contribution in [0.25, 0.3) is 0 Å². The van der Waals surface area contributed by atoms with Crippen LogP contribution in [0.3, 0.4) is 0 Å². The Labute approximate surface area is 109 Å². The Balaban J connectivity index is 3.63. The second kappa shape index (κ2) is 5.04. The van der Waals surface area contributed by atoms with Crippen molar-refractivity contribution in [3.8, 4) is 0 Å². The maximum absolute atomic E-state index is 13.7. The number of amides is 1. The summed E-state index contributed by atoms with van der Waals surface area (Å²) in [5.74, 6) is -4.33. The number of rotatable bonds is 2. The van der Waals surface area contributed by atoms with E-state index in [2.05, 4.69) is 0 Å². The van der Waals surface area contributed by atoms with Gasteiger partial charge in [-0.25, -0.2) is 9.18 Å². The fourth-order valence-corrected chi connectivity index (χ4v) is 1.56. The van der Waals surface area contributed by atoms with Gasteiger partial charge >= 0.3 is 12.1 Å². The first-order valence-corrected chi connectivity index (χ1v) is 5.03. The van der Waals surface area contributed by atoms with E-state index in [0.29, 0.717) is 0 Å². The third kappa shape index (κ3) is 3.14. The van der Waals surface area contributed by atoms with Gasteiger partial charge in [0.05, 0.1) is 21.8 Å². The molecule has 0 aliphatic heterocycles. The molecule has 1 aromatic rings. The molecule has 104 valence electrons. The second-order valence-corrected chi connectivity index (χ2v) is 3.84. The number of carbonyl (C=O) groups is 2. The number of halogens is 5. The van der Waals surface area contributed by atoms with E-state index in [9.17, 15) is 27.2 Å². The number of alkyl halides is 3. The lowest BCUT2D eigenvalue weighted by Gasteiger charge is -2.15. The summed E-state index contributed by atoms with van der Waals surface area (Å²) in [5, 5.41) is 9.25. The van der Waals surface area contributed by atoms with Crippen molar-refractivity contribution in [2.24, 2.45) is 0 Å². The van der Waals surface area contributed by atoms with Crippen molar-refractivity contribution >= 4 is 29.2 Å². The number of carboxylic acids is 1. The molecule has 0 bridgehead atoms. The highest BCUT2D eigenvalue weighted by molar-refractivity contribution is 6.32. The number of hydrogen-bond donors (Lipinski definition) is 2. The monoisotopic (exact) mass is 299 g/mol. The number of benzene rings is 1. The quantitative estimate of drug-likeness (QED) is 0.824. The van der Waals surface area contributed by atoms with E-state index in [0.717, 1.165) is 6.92 Å². The van der Waals surface area contributed by atoms with Gasteiger partial charge in [-0.2, -0.15) is 13.2 Å². The van der Waals surface area contributed by atoms with Gasteiger partial charge < -0.3 is 10.4 Å². The minimum atomic E-state index is -5.02. The Hall–Kier alpha value is -1.83. The van der Waals surface area contributed by atoms with Gasteiger partial charge in [0.1, 0.15) is 0 Å². The number of anilines is 1. The molecule has 2 N–H and O–H groups in total. The molecule has 0 spiro atoms. The van der Waals surface area contributed by atoms with Gasteiger partial charge in [0, 0.05) is 6.92 Å². The van der Waals surface area contributed by atoms with Crippen molar-refractivity contribution in [2.75, 3.05) is 5.32 Å². The van der Waals surface area contributed by atoms with E-state index in [1.54, 1.807) is 5.32 Å². The highest BCUT2D eigenvalue weighted by atomic mass is 35.5. The fourth-order valence-electron chi connectivity index (χ4n) is 1.30. The van der Waals surface area contributed by atoms with Gasteiger partial charge in [0.25, 0.3) is 0 Å². The largest absolute Gasteiger partial charge is 0.478 e. The molecule has 1 aromatic carbocycles. The summed E-state index contributed by atoms with van der Waals surface area (Å²) in [6.07, 6.45) is -5.02. The molecule has 1 amide bonds. The molecular weight excluding hydrogens is 294 g/mol. The van der Waals surface area contributed by atoms with E-state index in [-0.39, 0.29) is 6.07 Å². The lowest BCUT2D eigenvalue weighted by Crippen LogP contribution is -2.16. The van der Waals surface area contributed by atoms with E-state index in [1.165, 1.54) is 0 Å². The molecule has 9 heteroatoms. The Morgan fingerprint density at radius 2 is 1.89 bits per heavy atom. The SMILES string of the molecule is CC(=O)Nc1c(C(=O)O)cc(C(F)(F)F)c(Cl)c1F. The molecule has 0 saturated carbocycles. The van der Waals surface area contributed by atoms with Gasteiger partial charge in [-0.05, 0) is 6.07 Å². The number of carboxylic acid groups (broad SMARTS) is 1. The van der Waals surface area contributed by atoms with Crippen molar-refractivity contribution in [1.82, 2.24) is 0 Å². The van der Waals surface area contributed by atoms with Crippen molar-refractivity contribution in [2.45, 2.75) is 13.1 Å². The van der Waals surface area contributed by atoms with E-state index >= 15 is 0 Å². The van der Waals surface area contributed by atoms with Crippen molar-refractivity contribution in [3.05, 3.63) is 28.0 Å². The summed E-state index contributed by atoms with van der Waals surface area (Å²) in [6.45, 7) is 0.941. The van der Waals surface area contributed by atoms with Crippen LogP contribution in [0.15, 0.2) is 6.07 Å². The van der Waals surface area contributed by atoms with Crippen LogP contribution < -0.4 is 5.32 Å². The molecule has 0 radical (unpaired) electrons. The Kier molecular flexibility index (Phi) is 4.04. The third-order valence-corrected chi connectivity index (χ3v) is 2.41. The molecule has 1 rings (SSSR count). The highest BCUT2D eigenvalue weighted by Gasteiger charge is 2.37. The predicted molar refractivity (Wildman–Crippen MR) is 57.7 cm³/mol. The third-order valence-electron chi connectivity index (χ3n) is 2.04. The van der Waals surface area contributed by atoms with Crippen molar-refractivity contribution in [3.63, 3.8) is 0 Å². The summed E-state index contributed by atoms with van der Waals surface area (Å²) in [5.41, 5.74) is -3.57. The molecule has 0 aliphatic rings. The molecule has 19 heavy (non-hydrogen) atoms. The molecule has 0 aromatic heterocycles. The summed E-state index contributed by atoms with van der Waals surface area (Å²) in [6, 6.07) is 0.166. The zero-order valence-corrected chi connectivity index (χ0v) is 9.99. The topological polar surface area (TPSA) is 66.4 Å². The first-order chi connectivity index (χ1) is 8.55. The van der Waals surface area contributed by atoms with Crippen LogP contribution in [0.2, 0.25) is 5.02 Å². The lowest BCUT2D eigenvalue weighted by molar-refractivity contribution is -0.137. The Bertz CT molecular complexity index is 557. The molecule has 0 aliphatic carbocycles. The molecule has 0 atom stereocenters. The highest BCUT2D eigenvalue weighted by Crippen LogP contribution is 2.40. The number of carbonyl (C=O) groups excluding carboxylic acids is 1. The Morgan fingerprint density at radius 3 is 2.26 bits per heavy atom. The van der Waals surface area contributed by atoms with Gasteiger partial charge in [-0.1, -0.05) is 11.6 Å². The average Bonchev–Trinajstić information content (AvgIpc) is 2.22. The standard InChI is InChI=1S/C10H6ClF4NO3/c1-3(17)16-8-4(9(18)19)2-5(10(13,14)15)6(11)7(8)12/h2H,1H3,(H,16,17)(H,18,19). The van der Waals surface area contributed by atoms with Gasteiger partial charge in [-0.3, -0.25) is 4.79 Å². The maximum Gasteiger partial charge on any atom is 0.417 e. The van der Waals surface area contributed by atoms with Crippen LogP contribution in [-0.4, -0.2) is 17.0 Å². The average molecular weight is 300 g/mol. The summed E-state index contributed by atoms with van der Waals surface area (Å²) in [7, 11) is 0. The number of hydrogen-bond acceptors (Lipinski definition) is 2.